The number of aromatic nitrogens is 3. The van der Waals surface area contributed by atoms with Gasteiger partial charge in [0.25, 0.3) is 11.4 Å². The molecule has 4 aromatic rings. The van der Waals surface area contributed by atoms with E-state index in [0.717, 1.165) is 11.6 Å². The Balaban J connectivity index is 2.08. The van der Waals surface area contributed by atoms with Gasteiger partial charge in [-0.05, 0) is 12.1 Å². The molecule has 0 atom stereocenters. The van der Waals surface area contributed by atoms with E-state index >= 15 is 0 Å². The standard InChI is InChI=1S/C16H9N5O4/c22-20(23)11-7-10(8-12(9-11)21(24)25)15-16-17-5-6-19(16)14-4-2-1-3-13(14)18-15/h1-9H. The summed E-state index contributed by atoms with van der Waals surface area (Å²) in [5.74, 6) is 0. The van der Waals surface area contributed by atoms with Crippen molar-refractivity contribution in [3.63, 3.8) is 0 Å². The van der Waals surface area contributed by atoms with Crippen LogP contribution in [-0.2, 0) is 0 Å². The number of nitrogens with zero attached hydrogens (tertiary/aromatic N) is 5. The van der Waals surface area contributed by atoms with E-state index < -0.39 is 9.85 Å². The Morgan fingerprint density at radius 3 is 2.32 bits per heavy atom. The van der Waals surface area contributed by atoms with Crippen LogP contribution in [0.15, 0.2) is 54.9 Å². The highest BCUT2D eigenvalue weighted by molar-refractivity contribution is 5.86. The zero-order valence-corrected chi connectivity index (χ0v) is 12.6. The van der Waals surface area contributed by atoms with E-state index in [1.54, 1.807) is 22.9 Å². The normalized spacial score (nSPS) is 11.0. The minimum Gasteiger partial charge on any atom is -0.296 e. The average molecular weight is 335 g/mol. The van der Waals surface area contributed by atoms with Crippen molar-refractivity contribution in [2.24, 2.45) is 0 Å². The lowest BCUT2D eigenvalue weighted by atomic mass is 10.1. The van der Waals surface area contributed by atoms with Crippen LogP contribution in [0.4, 0.5) is 11.4 Å². The van der Waals surface area contributed by atoms with Gasteiger partial charge in [-0.3, -0.25) is 24.6 Å². The van der Waals surface area contributed by atoms with Crippen LogP contribution in [0.25, 0.3) is 27.9 Å². The van der Waals surface area contributed by atoms with Crippen LogP contribution in [0.1, 0.15) is 0 Å². The molecule has 2 aromatic carbocycles. The van der Waals surface area contributed by atoms with E-state index in [2.05, 4.69) is 9.97 Å². The number of imidazole rings is 1. The van der Waals surface area contributed by atoms with E-state index in [0.29, 0.717) is 16.9 Å². The van der Waals surface area contributed by atoms with E-state index in [-0.39, 0.29) is 16.9 Å². The Kier molecular flexibility index (Phi) is 3.14. The van der Waals surface area contributed by atoms with Crippen molar-refractivity contribution in [1.82, 2.24) is 14.4 Å². The molecule has 0 aliphatic heterocycles. The van der Waals surface area contributed by atoms with Gasteiger partial charge in [0.2, 0.25) is 0 Å². The first-order valence-corrected chi connectivity index (χ1v) is 7.20. The summed E-state index contributed by atoms with van der Waals surface area (Å²) < 4.78 is 1.79. The van der Waals surface area contributed by atoms with Gasteiger partial charge in [0, 0.05) is 30.1 Å². The molecule has 25 heavy (non-hydrogen) atoms. The minimum atomic E-state index is -0.666. The molecule has 0 amide bonds. The van der Waals surface area contributed by atoms with Gasteiger partial charge < -0.3 is 0 Å². The maximum Gasteiger partial charge on any atom is 0.276 e. The van der Waals surface area contributed by atoms with Crippen LogP contribution in [0.2, 0.25) is 0 Å². The third kappa shape index (κ3) is 2.34. The van der Waals surface area contributed by atoms with Gasteiger partial charge in [-0.1, -0.05) is 12.1 Å². The summed E-state index contributed by atoms with van der Waals surface area (Å²) >= 11 is 0. The Bertz CT molecular complexity index is 1140. The predicted molar refractivity (Wildman–Crippen MR) is 89.2 cm³/mol. The van der Waals surface area contributed by atoms with Crippen LogP contribution in [0, 0.1) is 20.2 Å². The molecule has 9 heteroatoms. The van der Waals surface area contributed by atoms with Crippen molar-refractivity contribution in [3.05, 3.63) is 75.1 Å². The minimum absolute atomic E-state index is 0.267. The maximum atomic E-state index is 11.1. The van der Waals surface area contributed by atoms with Crippen molar-refractivity contribution in [2.45, 2.75) is 0 Å². The number of para-hydroxylation sites is 2. The number of nitro benzene ring substituents is 2. The first kappa shape index (κ1) is 14.7. The van der Waals surface area contributed by atoms with Gasteiger partial charge in [-0.25, -0.2) is 9.97 Å². The highest BCUT2D eigenvalue weighted by Crippen LogP contribution is 2.32. The topological polar surface area (TPSA) is 116 Å². The second kappa shape index (κ2) is 5.34. The number of nitro groups is 2. The number of benzene rings is 2. The Morgan fingerprint density at radius 1 is 0.960 bits per heavy atom. The monoisotopic (exact) mass is 335 g/mol. The van der Waals surface area contributed by atoms with E-state index in [1.165, 1.54) is 12.1 Å². The van der Waals surface area contributed by atoms with E-state index in [9.17, 15) is 20.2 Å². The van der Waals surface area contributed by atoms with Crippen molar-refractivity contribution < 1.29 is 9.85 Å². The fourth-order valence-corrected chi connectivity index (χ4v) is 2.74. The van der Waals surface area contributed by atoms with Crippen LogP contribution < -0.4 is 0 Å². The average Bonchev–Trinajstić information content (AvgIpc) is 3.10. The van der Waals surface area contributed by atoms with Gasteiger partial charge >= 0.3 is 0 Å². The SMILES string of the molecule is O=[N+]([O-])c1cc(-c2nc3ccccc3n3ccnc23)cc([N+](=O)[O-])c1. The van der Waals surface area contributed by atoms with Crippen molar-refractivity contribution in [3.8, 4) is 11.3 Å². The third-order valence-corrected chi connectivity index (χ3v) is 3.82. The summed E-state index contributed by atoms with van der Waals surface area (Å²) in [5, 5.41) is 22.3. The van der Waals surface area contributed by atoms with Crippen LogP contribution in [0.5, 0.6) is 0 Å². The van der Waals surface area contributed by atoms with Crippen molar-refractivity contribution in [1.29, 1.82) is 0 Å². The Hall–Kier alpha value is -3.88. The lowest BCUT2D eigenvalue weighted by Crippen LogP contribution is -1.98. The number of hydrogen-bond acceptors (Lipinski definition) is 6. The van der Waals surface area contributed by atoms with Gasteiger partial charge in [-0.15, -0.1) is 0 Å². The quantitative estimate of drug-likeness (QED) is 0.418. The van der Waals surface area contributed by atoms with E-state index in [1.807, 2.05) is 18.2 Å². The van der Waals surface area contributed by atoms with Gasteiger partial charge in [-0.2, -0.15) is 0 Å². The summed E-state index contributed by atoms with van der Waals surface area (Å²) in [6.45, 7) is 0. The number of non-ortho nitro benzene ring substituents is 2. The van der Waals surface area contributed by atoms with Crippen LogP contribution in [0.3, 0.4) is 0 Å². The molecule has 122 valence electrons. The largest absolute Gasteiger partial charge is 0.296 e. The zero-order chi connectivity index (χ0) is 17.6. The van der Waals surface area contributed by atoms with Crippen LogP contribution >= 0.6 is 0 Å². The number of fused-ring (bicyclic) bond motifs is 3. The molecule has 0 saturated carbocycles. The molecule has 0 unspecified atom stereocenters. The molecule has 2 aromatic heterocycles. The zero-order valence-electron chi connectivity index (χ0n) is 12.6. The number of rotatable bonds is 3. The molecule has 9 nitrogen and oxygen atoms in total. The van der Waals surface area contributed by atoms with Crippen molar-refractivity contribution >= 4 is 28.1 Å². The lowest BCUT2D eigenvalue weighted by molar-refractivity contribution is -0.394. The molecular weight excluding hydrogens is 326 g/mol. The molecule has 2 heterocycles. The summed E-state index contributed by atoms with van der Waals surface area (Å²) in [4.78, 5) is 29.7. The molecule has 0 bridgehead atoms. The summed E-state index contributed by atoms with van der Waals surface area (Å²) in [7, 11) is 0. The molecule has 0 spiro atoms. The predicted octanol–water partition coefficient (Wildman–Crippen LogP) is 3.37. The first-order chi connectivity index (χ1) is 12.0. The number of hydrogen-bond donors (Lipinski definition) is 0. The molecule has 0 aliphatic carbocycles. The molecule has 0 N–H and O–H groups in total. The van der Waals surface area contributed by atoms with Gasteiger partial charge in [0.1, 0.15) is 5.69 Å². The van der Waals surface area contributed by atoms with Gasteiger partial charge in [0.05, 0.1) is 26.9 Å². The highest BCUT2D eigenvalue weighted by Gasteiger charge is 2.20. The smallest absolute Gasteiger partial charge is 0.276 e. The molecule has 4 rings (SSSR count). The highest BCUT2D eigenvalue weighted by atomic mass is 16.6. The Labute approximate surface area is 139 Å². The molecule has 0 aliphatic rings. The fourth-order valence-electron chi connectivity index (χ4n) is 2.74. The lowest BCUT2D eigenvalue weighted by Gasteiger charge is -2.07. The molecule has 0 saturated heterocycles. The second-order valence-electron chi connectivity index (χ2n) is 5.32. The van der Waals surface area contributed by atoms with Crippen LogP contribution in [-0.4, -0.2) is 24.2 Å². The summed E-state index contributed by atoms with van der Waals surface area (Å²) in [6.07, 6.45) is 3.33. The fraction of sp³-hybridized carbons (Fsp3) is 0. The molecule has 0 fully saturated rings. The van der Waals surface area contributed by atoms with E-state index in [4.69, 9.17) is 0 Å². The third-order valence-electron chi connectivity index (χ3n) is 3.82. The summed E-state index contributed by atoms with van der Waals surface area (Å²) in [5.41, 5.74) is 1.80. The summed E-state index contributed by atoms with van der Waals surface area (Å²) in [6, 6.07) is 10.8. The first-order valence-electron chi connectivity index (χ1n) is 7.20. The molecule has 0 radical (unpaired) electrons. The van der Waals surface area contributed by atoms with Crippen molar-refractivity contribution in [2.75, 3.05) is 0 Å². The maximum absolute atomic E-state index is 11.1. The second-order valence-corrected chi connectivity index (χ2v) is 5.32. The van der Waals surface area contributed by atoms with Gasteiger partial charge in [0.15, 0.2) is 5.65 Å². The molecular formula is C16H9N5O4. The Morgan fingerprint density at radius 2 is 1.64 bits per heavy atom.